The van der Waals surface area contributed by atoms with E-state index in [9.17, 15) is 14.7 Å². The molecular formula is C20H24N2O4. The molecule has 0 amide bonds. The number of rotatable bonds is 6. The maximum absolute atomic E-state index is 11.8. The third kappa shape index (κ3) is 3.65. The molecule has 6 nitrogen and oxygen atoms in total. The Morgan fingerprint density at radius 2 is 2.04 bits per heavy atom. The normalized spacial score (nSPS) is 20.3. The highest BCUT2D eigenvalue weighted by Crippen LogP contribution is 2.35. The van der Waals surface area contributed by atoms with Crippen molar-refractivity contribution in [3.8, 4) is 5.75 Å². The van der Waals surface area contributed by atoms with Crippen molar-refractivity contribution < 1.29 is 19.4 Å². The fourth-order valence-electron chi connectivity index (χ4n) is 3.66. The quantitative estimate of drug-likeness (QED) is 0.806. The summed E-state index contributed by atoms with van der Waals surface area (Å²) in [7, 11) is 3.52. The number of carboxylic acids is 1. The summed E-state index contributed by atoms with van der Waals surface area (Å²) in [4.78, 5) is 25.5. The molecule has 2 heterocycles. The Morgan fingerprint density at radius 1 is 1.27 bits per heavy atom. The number of carbonyl (C=O) groups is 2. The van der Waals surface area contributed by atoms with Gasteiger partial charge in [-0.25, -0.2) is 0 Å². The van der Waals surface area contributed by atoms with Crippen LogP contribution >= 0.6 is 0 Å². The van der Waals surface area contributed by atoms with Crippen LogP contribution in [0.4, 0.5) is 0 Å². The number of aryl methyl sites for hydroxylation is 1. The Morgan fingerprint density at radius 3 is 2.65 bits per heavy atom. The van der Waals surface area contributed by atoms with Gasteiger partial charge in [-0.3, -0.25) is 14.5 Å². The predicted octanol–water partition coefficient (Wildman–Crippen LogP) is 2.54. The Kier molecular flexibility index (Phi) is 5.13. The first-order valence-corrected chi connectivity index (χ1v) is 8.64. The molecule has 1 fully saturated rings. The standard InChI is InChI=1S/C20H24N2O4/c1-13(23)15-7-16(21(2)9-15)10-22-11-18(19(12-22)20(24)25)14-5-4-6-17(8-14)26-3/h4-9,18-19H,10-12H2,1-3H3,(H,24,25)/t18-,19+/m0/s1. The topological polar surface area (TPSA) is 71.8 Å². The number of likely N-dealkylation sites (tertiary alicyclic amines) is 1. The molecule has 0 radical (unpaired) electrons. The van der Waals surface area contributed by atoms with Gasteiger partial charge in [0.05, 0.1) is 13.0 Å². The average molecular weight is 356 g/mol. The van der Waals surface area contributed by atoms with E-state index >= 15 is 0 Å². The fourth-order valence-corrected chi connectivity index (χ4v) is 3.66. The molecule has 0 spiro atoms. The predicted molar refractivity (Wildman–Crippen MR) is 97.6 cm³/mol. The average Bonchev–Trinajstić information content (AvgIpc) is 3.20. The van der Waals surface area contributed by atoms with Gasteiger partial charge in [-0.2, -0.15) is 0 Å². The SMILES string of the molecule is COc1cccc([C@@H]2CN(Cc3cc(C(C)=O)cn3C)C[C@H]2C(=O)O)c1. The summed E-state index contributed by atoms with van der Waals surface area (Å²) < 4.78 is 7.21. The Labute approximate surface area is 153 Å². The molecule has 1 aromatic carbocycles. The van der Waals surface area contributed by atoms with Crippen LogP contribution in [0.1, 0.15) is 34.5 Å². The lowest BCUT2D eigenvalue weighted by atomic mass is 9.89. The number of carboxylic acid groups (broad SMARTS) is 1. The van der Waals surface area contributed by atoms with Crippen molar-refractivity contribution in [1.82, 2.24) is 9.47 Å². The highest BCUT2D eigenvalue weighted by Gasteiger charge is 2.38. The van der Waals surface area contributed by atoms with Gasteiger partial charge in [0.25, 0.3) is 0 Å². The molecule has 0 unspecified atom stereocenters. The number of carbonyl (C=O) groups excluding carboxylic acids is 1. The van der Waals surface area contributed by atoms with Gasteiger partial charge in [-0.05, 0) is 30.7 Å². The van der Waals surface area contributed by atoms with E-state index < -0.39 is 11.9 Å². The summed E-state index contributed by atoms with van der Waals surface area (Å²) in [5.74, 6) is -0.564. The zero-order valence-corrected chi connectivity index (χ0v) is 15.3. The van der Waals surface area contributed by atoms with Gasteiger partial charge in [0, 0.05) is 50.1 Å². The van der Waals surface area contributed by atoms with Crippen molar-refractivity contribution in [2.24, 2.45) is 13.0 Å². The molecule has 1 N–H and O–H groups in total. The number of Topliss-reactive ketones (excluding diaryl/α,β-unsaturated/α-hetero) is 1. The van der Waals surface area contributed by atoms with Crippen LogP contribution in [0.25, 0.3) is 0 Å². The number of methoxy groups -OCH3 is 1. The molecule has 1 aliphatic rings. The van der Waals surface area contributed by atoms with Crippen molar-refractivity contribution >= 4 is 11.8 Å². The number of aliphatic carboxylic acids is 1. The molecule has 2 atom stereocenters. The van der Waals surface area contributed by atoms with Crippen LogP contribution in [0, 0.1) is 5.92 Å². The molecule has 3 rings (SSSR count). The fraction of sp³-hybridized carbons (Fsp3) is 0.400. The zero-order valence-electron chi connectivity index (χ0n) is 15.3. The summed E-state index contributed by atoms with van der Waals surface area (Å²) in [6.45, 7) is 3.31. The van der Waals surface area contributed by atoms with Crippen molar-refractivity contribution in [2.45, 2.75) is 19.4 Å². The van der Waals surface area contributed by atoms with Crippen molar-refractivity contribution in [3.63, 3.8) is 0 Å². The zero-order chi connectivity index (χ0) is 18.8. The number of hydrogen-bond acceptors (Lipinski definition) is 4. The van der Waals surface area contributed by atoms with E-state index in [2.05, 4.69) is 4.90 Å². The minimum atomic E-state index is -0.781. The van der Waals surface area contributed by atoms with E-state index in [-0.39, 0.29) is 11.7 Å². The number of ketones is 1. The second kappa shape index (κ2) is 7.33. The van der Waals surface area contributed by atoms with E-state index in [4.69, 9.17) is 4.74 Å². The first-order chi connectivity index (χ1) is 12.4. The number of benzene rings is 1. The van der Waals surface area contributed by atoms with E-state index in [1.165, 1.54) is 0 Å². The van der Waals surface area contributed by atoms with Crippen LogP contribution in [0.5, 0.6) is 5.75 Å². The maximum atomic E-state index is 11.8. The molecule has 6 heteroatoms. The first kappa shape index (κ1) is 18.2. The van der Waals surface area contributed by atoms with Crippen LogP contribution < -0.4 is 4.74 Å². The third-order valence-electron chi connectivity index (χ3n) is 5.13. The molecule has 0 saturated carbocycles. The van der Waals surface area contributed by atoms with Gasteiger partial charge in [-0.15, -0.1) is 0 Å². The number of ether oxygens (including phenoxy) is 1. The smallest absolute Gasteiger partial charge is 0.308 e. The molecule has 0 aliphatic carbocycles. The lowest BCUT2D eigenvalue weighted by molar-refractivity contribution is -0.141. The van der Waals surface area contributed by atoms with E-state index in [0.717, 1.165) is 17.0 Å². The molecule has 138 valence electrons. The highest BCUT2D eigenvalue weighted by atomic mass is 16.5. The lowest BCUT2D eigenvalue weighted by Gasteiger charge is -2.17. The van der Waals surface area contributed by atoms with Gasteiger partial charge in [0.15, 0.2) is 5.78 Å². The van der Waals surface area contributed by atoms with Gasteiger partial charge in [0.2, 0.25) is 0 Å². The second-order valence-corrected chi connectivity index (χ2v) is 6.91. The van der Waals surface area contributed by atoms with Crippen LogP contribution in [-0.4, -0.2) is 46.5 Å². The van der Waals surface area contributed by atoms with Crippen molar-refractivity contribution in [1.29, 1.82) is 0 Å². The minimum Gasteiger partial charge on any atom is -0.497 e. The summed E-state index contributed by atoms with van der Waals surface area (Å²) in [6.07, 6.45) is 1.82. The monoisotopic (exact) mass is 356 g/mol. The highest BCUT2D eigenvalue weighted by molar-refractivity contribution is 5.94. The van der Waals surface area contributed by atoms with Crippen LogP contribution in [0.2, 0.25) is 0 Å². The van der Waals surface area contributed by atoms with Gasteiger partial charge >= 0.3 is 5.97 Å². The summed E-state index contributed by atoms with van der Waals surface area (Å²) >= 11 is 0. The molecule has 26 heavy (non-hydrogen) atoms. The van der Waals surface area contributed by atoms with E-state index in [1.807, 2.05) is 48.1 Å². The lowest BCUT2D eigenvalue weighted by Crippen LogP contribution is -2.24. The Hall–Kier alpha value is -2.60. The molecule has 1 saturated heterocycles. The van der Waals surface area contributed by atoms with Gasteiger partial charge in [0.1, 0.15) is 5.75 Å². The number of hydrogen-bond donors (Lipinski definition) is 1. The number of nitrogens with zero attached hydrogens (tertiary/aromatic N) is 2. The van der Waals surface area contributed by atoms with Crippen LogP contribution in [-0.2, 0) is 18.4 Å². The van der Waals surface area contributed by atoms with E-state index in [0.29, 0.717) is 25.2 Å². The van der Waals surface area contributed by atoms with Crippen molar-refractivity contribution in [3.05, 3.63) is 53.3 Å². The van der Waals surface area contributed by atoms with Gasteiger partial charge in [-0.1, -0.05) is 12.1 Å². The van der Waals surface area contributed by atoms with Crippen molar-refractivity contribution in [2.75, 3.05) is 20.2 Å². The summed E-state index contributed by atoms with van der Waals surface area (Å²) in [6, 6.07) is 9.52. The summed E-state index contributed by atoms with van der Waals surface area (Å²) in [5.41, 5.74) is 2.67. The van der Waals surface area contributed by atoms with E-state index in [1.54, 1.807) is 14.0 Å². The molecule has 1 aromatic heterocycles. The largest absolute Gasteiger partial charge is 0.497 e. The first-order valence-electron chi connectivity index (χ1n) is 8.64. The number of aromatic nitrogens is 1. The molecule has 2 aromatic rings. The summed E-state index contributed by atoms with van der Waals surface area (Å²) in [5, 5.41) is 9.68. The molecule has 1 aliphatic heterocycles. The third-order valence-corrected chi connectivity index (χ3v) is 5.13. The Balaban J connectivity index is 1.81. The second-order valence-electron chi connectivity index (χ2n) is 6.91. The molecule has 0 bridgehead atoms. The van der Waals surface area contributed by atoms with Crippen LogP contribution in [0.3, 0.4) is 0 Å². The maximum Gasteiger partial charge on any atom is 0.308 e. The minimum absolute atomic E-state index is 0.0333. The molecular weight excluding hydrogens is 332 g/mol. The van der Waals surface area contributed by atoms with Crippen LogP contribution in [0.15, 0.2) is 36.5 Å². The van der Waals surface area contributed by atoms with Gasteiger partial charge < -0.3 is 14.4 Å². The Bertz CT molecular complexity index is 827.